The fraction of sp³-hybridized carbons (Fsp3) is 0.312. The fourth-order valence-corrected chi connectivity index (χ4v) is 2.16. The summed E-state index contributed by atoms with van der Waals surface area (Å²) in [5.41, 5.74) is 8.77. The summed E-state index contributed by atoms with van der Waals surface area (Å²) in [6.45, 7) is 2.79. The zero-order valence-electron chi connectivity index (χ0n) is 11.8. The van der Waals surface area contributed by atoms with Crippen molar-refractivity contribution in [3.63, 3.8) is 0 Å². The third-order valence-electron chi connectivity index (χ3n) is 3.39. The molecule has 0 bridgehead atoms. The summed E-state index contributed by atoms with van der Waals surface area (Å²) >= 11 is 0. The topological polar surface area (TPSA) is 64.0 Å². The maximum Gasteiger partial charge on any atom is 0.136 e. The number of nitriles is 1. The number of nitrogens with zero attached hydrogens (tertiary/aromatic N) is 2. The highest BCUT2D eigenvalue weighted by atomic mass is 16.5. The maximum absolute atomic E-state index is 9.10. The Balaban J connectivity index is 2.18. The van der Waals surface area contributed by atoms with Crippen molar-refractivity contribution in [2.45, 2.75) is 25.9 Å². The van der Waals surface area contributed by atoms with E-state index in [1.165, 1.54) is 0 Å². The van der Waals surface area contributed by atoms with Crippen LogP contribution in [0.1, 0.15) is 36.1 Å². The molecule has 2 rings (SSSR count). The van der Waals surface area contributed by atoms with Gasteiger partial charge in [0, 0.05) is 25.0 Å². The lowest BCUT2D eigenvalue weighted by atomic mass is 10.1. The molecule has 2 N–H and O–H groups in total. The summed E-state index contributed by atoms with van der Waals surface area (Å²) in [4.78, 5) is 0. The van der Waals surface area contributed by atoms with Crippen LogP contribution in [-0.4, -0.2) is 11.7 Å². The standard InChI is InChI=1S/C16H19N3O/c1-3-15(18)13-6-7-19(11-13)10-12-4-5-16(20-2)14(8-12)9-17/h4-8,11,15H,3,10,18H2,1-2H3. The van der Waals surface area contributed by atoms with Crippen molar-refractivity contribution in [1.82, 2.24) is 4.57 Å². The van der Waals surface area contributed by atoms with Gasteiger partial charge >= 0.3 is 0 Å². The second-order valence-corrected chi connectivity index (χ2v) is 4.78. The van der Waals surface area contributed by atoms with Crippen molar-refractivity contribution in [2.24, 2.45) is 5.73 Å². The van der Waals surface area contributed by atoms with Gasteiger partial charge in [0.15, 0.2) is 0 Å². The Labute approximate surface area is 119 Å². The van der Waals surface area contributed by atoms with Crippen molar-refractivity contribution in [3.8, 4) is 11.8 Å². The van der Waals surface area contributed by atoms with Crippen LogP contribution >= 0.6 is 0 Å². The van der Waals surface area contributed by atoms with Gasteiger partial charge in [0.2, 0.25) is 0 Å². The molecule has 0 radical (unpaired) electrons. The average molecular weight is 269 g/mol. The molecule has 0 spiro atoms. The summed E-state index contributed by atoms with van der Waals surface area (Å²) in [6.07, 6.45) is 5.00. The number of rotatable bonds is 5. The smallest absolute Gasteiger partial charge is 0.136 e. The van der Waals surface area contributed by atoms with Gasteiger partial charge in [-0.05, 0) is 35.7 Å². The van der Waals surface area contributed by atoms with Crippen molar-refractivity contribution in [2.75, 3.05) is 7.11 Å². The van der Waals surface area contributed by atoms with Crippen LogP contribution in [0.3, 0.4) is 0 Å². The van der Waals surface area contributed by atoms with Gasteiger partial charge in [-0.3, -0.25) is 0 Å². The molecule has 20 heavy (non-hydrogen) atoms. The molecule has 4 nitrogen and oxygen atoms in total. The monoisotopic (exact) mass is 269 g/mol. The first-order valence-electron chi connectivity index (χ1n) is 6.66. The molecule has 1 aromatic carbocycles. The van der Waals surface area contributed by atoms with Crippen LogP contribution in [-0.2, 0) is 6.54 Å². The molecule has 0 amide bonds. The Bertz CT molecular complexity index is 625. The zero-order valence-corrected chi connectivity index (χ0v) is 11.8. The zero-order chi connectivity index (χ0) is 14.5. The van der Waals surface area contributed by atoms with Crippen molar-refractivity contribution in [1.29, 1.82) is 5.26 Å². The van der Waals surface area contributed by atoms with E-state index >= 15 is 0 Å². The average Bonchev–Trinajstić information content (AvgIpc) is 2.94. The van der Waals surface area contributed by atoms with Crippen LogP contribution < -0.4 is 10.5 Å². The van der Waals surface area contributed by atoms with Crippen LogP contribution in [0.5, 0.6) is 5.75 Å². The number of benzene rings is 1. The largest absolute Gasteiger partial charge is 0.495 e. The van der Waals surface area contributed by atoms with Crippen molar-refractivity contribution in [3.05, 3.63) is 53.3 Å². The molecule has 0 aliphatic carbocycles. The first kappa shape index (κ1) is 14.2. The van der Waals surface area contributed by atoms with E-state index in [-0.39, 0.29) is 6.04 Å². The summed E-state index contributed by atoms with van der Waals surface area (Å²) in [5.74, 6) is 0.609. The minimum absolute atomic E-state index is 0.0850. The van der Waals surface area contributed by atoms with E-state index in [1.54, 1.807) is 7.11 Å². The Morgan fingerprint density at radius 1 is 1.40 bits per heavy atom. The molecule has 1 heterocycles. The minimum Gasteiger partial charge on any atom is -0.495 e. The highest BCUT2D eigenvalue weighted by Crippen LogP contribution is 2.20. The van der Waals surface area contributed by atoms with Gasteiger partial charge in [0.1, 0.15) is 11.8 Å². The third kappa shape index (κ3) is 3.01. The van der Waals surface area contributed by atoms with Gasteiger partial charge in [-0.25, -0.2) is 0 Å². The highest BCUT2D eigenvalue weighted by molar-refractivity contribution is 5.45. The lowest BCUT2D eigenvalue weighted by Gasteiger charge is -2.08. The summed E-state index contributed by atoms with van der Waals surface area (Å²) in [5, 5.41) is 9.10. The van der Waals surface area contributed by atoms with Crippen LogP contribution in [0.15, 0.2) is 36.7 Å². The number of nitrogens with two attached hydrogens (primary N) is 1. The van der Waals surface area contributed by atoms with E-state index in [0.29, 0.717) is 11.3 Å². The van der Waals surface area contributed by atoms with Gasteiger partial charge < -0.3 is 15.0 Å². The van der Waals surface area contributed by atoms with E-state index in [4.69, 9.17) is 15.7 Å². The highest BCUT2D eigenvalue weighted by Gasteiger charge is 2.07. The molecule has 2 aromatic rings. The number of methoxy groups -OCH3 is 1. The molecule has 0 fully saturated rings. The van der Waals surface area contributed by atoms with Gasteiger partial charge in [-0.2, -0.15) is 5.26 Å². The number of ether oxygens (including phenoxy) is 1. The SMILES string of the molecule is CCC(N)c1ccn(Cc2ccc(OC)c(C#N)c2)c1. The second kappa shape index (κ2) is 6.27. The quantitative estimate of drug-likeness (QED) is 0.907. The Kier molecular flexibility index (Phi) is 4.44. The van der Waals surface area contributed by atoms with Crippen LogP contribution in [0.25, 0.3) is 0 Å². The molecular formula is C16H19N3O. The molecule has 1 unspecified atom stereocenters. The first-order valence-corrected chi connectivity index (χ1v) is 6.66. The van der Waals surface area contributed by atoms with Crippen LogP contribution in [0.2, 0.25) is 0 Å². The summed E-state index contributed by atoms with van der Waals surface area (Å²) in [6, 6.07) is 9.94. The molecule has 4 heteroatoms. The van der Waals surface area contributed by atoms with E-state index in [2.05, 4.69) is 23.8 Å². The summed E-state index contributed by atoms with van der Waals surface area (Å²) in [7, 11) is 1.57. The van der Waals surface area contributed by atoms with Gasteiger partial charge in [-0.15, -0.1) is 0 Å². The third-order valence-corrected chi connectivity index (χ3v) is 3.39. The van der Waals surface area contributed by atoms with Crippen LogP contribution in [0, 0.1) is 11.3 Å². The fourth-order valence-electron chi connectivity index (χ4n) is 2.16. The van der Waals surface area contributed by atoms with Crippen LogP contribution in [0.4, 0.5) is 0 Å². The minimum atomic E-state index is 0.0850. The van der Waals surface area contributed by atoms with E-state index in [9.17, 15) is 0 Å². The predicted molar refractivity (Wildman–Crippen MR) is 78.5 cm³/mol. The van der Waals surface area contributed by atoms with Crippen molar-refractivity contribution >= 4 is 0 Å². The molecule has 0 saturated heterocycles. The van der Waals surface area contributed by atoms with Gasteiger partial charge in [0.05, 0.1) is 12.7 Å². The lowest BCUT2D eigenvalue weighted by molar-refractivity contribution is 0.413. The number of aromatic nitrogens is 1. The number of hydrogen-bond donors (Lipinski definition) is 1. The predicted octanol–water partition coefficient (Wildman–Crippen LogP) is 2.83. The molecule has 0 saturated carbocycles. The van der Waals surface area contributed by atoms with Gasteiger partial charge in [-0.1, -0.05) is 13.0 Å². The Morgan fingerprint density at radius 2 is 2.20 bits per heavy atom. The Hall–Kier alpha value is -2.25. The molecule has 0 aliphatic rings. The lowest BCUT2D eigenvalue weighted by Crippen LogP contribution is -2.07. The molecular weight excluding hydrogens is 250 g/mol. The summed E-state index contributed by atoms with van der Waals surface area (Å²) < 4.78 is 7.22. The first-order chi connectivity index (χ1) is 9.67. The van der Waals surface area contributed by atoms with E-state index < -0.39 is 0 Å². The molecule has 0 aliphatic heterocycles. The normalized spacial score (nSPS) is 11.9. The van der Waals surface area contributed by atoms with E-state index in [0.717, 1.165) is 24.1 Å². The molecule has 1 aromatic heterocycles. The maximum atomic E-state index is 9.10. The second-order valence-electron chi connectivity index (χ2n) is 4.78. The molecule has 104 valence electrons. The van der Waals surface area contributed by atoms with Gasteiger partial charge in [0.25, 0.3) is 0 Å². The van der Waals surface area contributed by atoms with Crippen molar-refractivity contribution < 1.29 is 4.74 Å². The Morgan fingerprint density at radius 3 is 2.85 bits per heavy atom. The number of hydrogen-bond acceptors (Lipinski definition) is 3. The van der Waals surface area contributed by atoms with E-state index in [1.807, 2.05) is 30.5 Å². The molecule has 1 atom stereocenters.